The van der Waals surface area contributed by atoms with Crippen LogP contribution >= 0.6 is 0 Å². The predicted octanol–water partition coefficient (Wildman–Crippen LogP) is 3.00. The van der Waals surface area contributed by atoms with Crippen molar-refractivity contribution >= 4 is 0 Å². The lowest BCUT2D eigenvalue weighted by atomic mass is 10.1. The van der Waals surface area contributed by atoms with Crippen molar-refractivity contribution in [3.8, 4) is 0 Å². The van der Waals surface area contributed by atoms with E-state index in [-0.39, 0.29) is 0 Å². The lowest BCUT2D eigenvalue weighted by molar-refractivity contribution is 0.470. The van der Waals surface area contributed by atoms with Crippen LogP contribution < -0.4 is 5.32 Å². The van der Waals surface area contributed by atoms with E-state index in [0.717, 1.165) is 24.4 Å². The van der Waals surface area contributed by atoms with Crippen molar-refractivity contribution in [3.63, 3.8) is 0 Å². The highest BCUT2D eigenvalue weighted by molar-refractivity contribution is 5.28. The van der Waals surface area contributed by atoms with Gasteiger partial charge in [0.1, 0.15) is 0 Å². The van der Waals surface area contributed by atoms with E-state index in [2.05, 4.69) is 67.1 Å². The van der Waals surface area contributed by atoms with Crippen LogP contribution in [0.1, 0.15) is 61.9 Å². The number of hydrogen-bond acceptors (Lipinski definition) is 3. The molecule has 2 atom stereocenters. The maximum absolute atomic E-state index is 4.68. The molecule has 0 aliphatic heterocycles. The number of aromatic nitrogens is 4. The molecule has 1 N–H and O–H groups in total. The van der Waals surface area contributed by atoms with Crippen LogP contribution in [0.3, 0.4) is 0 Å². The Bertz CT molecular complexity index is 596. The maximum atomic E-state index is 4.68. The van der Waals surface area contributed by atoms with Crippen molar-refractivity contribution in [1.29, 1.82) is 0 Å². The van der Waals surface area contributed by atoms with Crippen LogP contribution in [0.5, 0.6) is 0 Å². The molecule has 0 aliphatic rings. The largest absolute Gasteiger partial charge is 0.313 e. The second-order valence-electron chi connectivity index (χ2n) is 5.80. The minimum Gasteiger partial charge on any atom is -0.313 e. The van der Waals surface area contributed by atoms with Crippen LogP contribution in [-0.4, -0.2) is 26.6 Å². The first-order valence-electron chi connectivity index (χ1n) is 7.73. The van der Waals surface area contributed by atoms with E-state index in [4.69, 9.17) is 0 Å². The van der Waals surface area contributed by atoms with Gasteiger partial charge in [0, 0.05) is 29.5 Å². The Morgan fingerprint density at radius 1 is 1.24 bits per heavy atom. The molecule has 0 fully saturated rings. The highest BCUT2D eigenvalue weighted by atomic mass is 15.3. The average molecular weight is 289 g/mol. The predicted molar refractivity (Wildman–Crippen MR) is 85.5 cm³/mol. The molecule has 2 heterocycles. The first kappa shape index (κ1) is 15.8. The summed E-state index contributed by atoms with van der Waals surface area (Å²) in [6.07, 6.45) is 3.15. The minimum atomic E-state index is 0.316. The summed E-state index contributed by atoms with van der Waals surface area (Å²) in [6, 6.07) is 2.85. The molecule has 0 aliphatic carbocycles. The molecule has 0 amide bonds. The van der Waals surface area contributed by atoms with E-state index in [1.807, 2.05) is 11.7 Å². The highest BCUT2D eigenvalue weighted by Crippen LogP contribution is 2.21. The maximum Gasteiger partial charge on any atom is 0.0853 e. The monoisotopic (exact) mass is 289 g/mol. The fraction of sp³-hybridized carbons (Fsp3) is 0.625. The van der Waals surface area contributed by atoms with E-state index >= 15 is 0 Å². The van der Waals surface area contributed by atoms with Crippen molar-refractivity contribution in [1.82, 2.24) is 24.9 Å². The zero-order chi connectivity index (χ0) is 15.6. The molecule has 2 aromatic rings. The molecule has 5 heteroatoms. The fourth-order valence-corrected chi connectivity index (χ4v) is 2.68. The SMILES string of the molecule is CCC(C)n1ccc(Cn2nc(C)c(C(C)NC)c2C)n1. The van der Waals surface area contributed by atoms with Crippen molar-refractivity contribution in [2.75, 3.05) is 7.05 Å². The van der Waals surface area contributed by atoms with Crippen LogP contribution in [0.15, 0.2) is 12.3 Å². The Labute approximate surface area is 127 Å². The molecule has 5 nitrogen and oxygen atoms in total. The Kier molecular flexibility index (Phi) is 4.83. The van der Waals surface area contributed by atoms with Gasteiger partial charge >= 0.3 is 0 Å². The second-order valence-corrected chi connectivity index (χ2v) is 5.80. The molecule has 0 saturated heterocycles. The quantitative estimate of drug-likeness (QED) is 0.889. The summed E-state index contributed by atoms with van der Waals surface area (Å²) < 4.78 is 4.10. The van der Waals surface area contributed by atoms with Gasteiger partial charge in [-0.05, 0) is 47.2 Å². The van der Waals surface area contributed by atoms with Gasteiger partial charge < -0.3 is 5.32 Å². The normalized spacial score (nSPS) is 14.4. The van der Waals surface area contributed by atoms with Crippen LogP contribution in [0.4, 0.5) is 0 Å². The number of nitrogens with one attached hydrogen (secondary N) is 1. The molecular formula is C16H27N5. The second kappa shape index (κ2) is 6.43. The summed E-state index contributed by atoms with van der Waals surface area (Å²) in [5.41, 5.74) is 4.66. The molecule has 2 aromatic heterocycles. The fourth-order valence-electron chi connectivity index (χ4n) is 2.68. The molecule has 21 heavy (non-hydrogen) atoms. The number of nitrogens with zero attached hydrogens (tertiary/aromatic N) is 4. The lowest BCUT2D eigenvalue weighted by Gasteiger charge is -2.11. The van der Waals surface area contributed by atoms with E-state index < -0.39 is 0 Å². The first-order chi connectivity index (χ1) is 9.97. The van der Waals surface area contributed by atoms with E-state index in [0.29, 0.717) is 12.1 Å². The number of aryl methyl sites for hydroxylation is 1. The van der Waals surface area contributed by atoms with Crippen molar-refractivity contribution < 1.29 is 0 Å². The third-order valence-corrected chi connectivity index (χ3v) is 4.32. The molecule has 0 saturated carbocycles. The van der Waals surface area contributed by atoms with Gasteiger partial charge in [0.05, 0.1) is 17.9 Å². The zero-order valence-electron chi connectivity index (χ0n) is 14.0. The van der Waals surface area contributed by atoms with Gasteiger partial charge in [0.2, 0.25) is 0 Å². The molecule has 116 valence electrons. The summed E-state index contributed by atoms with van der Waals surface area (Å²) in [5, 5.41) is 12.6. The molecular weight excluding hydrogens is 262 g/mol. The van der Waals surface area contributed by atoms with Gasteiger partial charge in [-0.25, -0.2) is 0 Å². The van der Waals surface area contributed by atoms with Crippen molar-refractivity contribution in [3.05, 3.63) is 34.9 Å². The van der Waals surface area contributed by atoms with Gasteiger partial charge in [-0.3, -0.25) is 9.36 Å². The molecule has 0 radical (unpaired) electrons. The number of rotatable bonds is 6. The summed E-state index contributed by atoms with van der Waals surface area (Å²) >= 11 is 0. The smallest absolute Gasteiger partial charge is 0.0853 e. The van der Waals surface area contributed by atoms with Crippen molar-refractivity contribution in [2.45, 2.75) is 59.7 Å². The Morgan fingerprint density at radius 2 is 1.95 bits per heavy atom. The van der Waals surface area contributed by atoms with Gasteiger partial charge in [-0.1, -0.05) is 6.92 Å². The molecule has 0 spiro atoms. The molecule has 0 aromatic carbocycles. The van der Waals surface area contributed by atoms with E-state index in [1.54, 1.807) is 0 Å². The van der Waals surface area contributed by atoms with E-state index in [9.17, 15) is 0 Å². The third-order valence-electron chi connectivity index (χ3n) is 4.32. The topological polar surface area (TPSA) is 47.7 Å². The van der Waals surface area contributed by atoms with Crippen LogP contribution in [0.25, 0.3) is 0 Å². The van der Waals surface area contributed by atoms with Gasteiger partial charge in [0.15, 0.2) is 0 Å². The summed E-state index contributed by atoms with van der Waals surface area (Å²) in [6.45, 7) is 11.5. The first-order valence-corrected chi connectivity index (χ1v) is 7.73. The van der Waals surface area contributed by atoms with Crippen LogP contribution in [0.2, 0.25) is 0 Å². The Balaban J connectivity index is 2.22. The molecule has 2 rings (SSSR count). The standard InChI is InChI=1S/C16H27N5/c1-7-11(2)20-9-8-15(19-20)10-21-14(5)16(12(3)17-6)13(4)18-21/h8-9,11-12,17H,7,10H2,1-6H3. The number of hydrogen-bond donors (Lipinski definition) is 1. The average Bonchev–Trinajstić information content (AvgIpc) is 3.03. The summed E-state index contributed by atoms with van der Waals surface area (Å²) in [5.74, 6) is 0. The Morgan fingerprint density at radius 3 is 2.57 bits per heavy atom. The van der Waals surface area contributed by atoms with Gasteiger partial charge in [-0.2, -0.15) is 10.2 Å². The van der Waals surface area contributed by atoms with Gasteiger partial charge in [-0.15, -0.1) is 0 Å². The van der Waals surface area contributed by atoms with Crippen molar-refractivity contribution in [2.24, 2.45) is 0 Å². The van der Waals surface area contributed by atoms with E-state index in [1.165, 1.54) is 11.3 Å². The molecule has 2 unspecified atom stereocenters. The highest BCUT2D eigenvalue weighted by Gasteiger charge is 2.17. The lowest BCUT2D eigenvalue weighted by Crippen LogP contribution is -2.14. The third kappa shape index (κ3) is 3.18. The van der Waals surface area contributed by atoms with Crippen LogP contribution in [0, 0.1) is 13.8 Å². The van der Waals surface area contributed by atoms with Crippen LogP contribution in [-0.2, 0) is 6.54 Å². The summed E-state index contributed by atoms with van der Waals surface area (Å²) in [7, 11) is 1.98. The zero-order valence-corrected chi connectivity index (χ0v) is 14.0. The summed E-state index contributed by atoms with van der Waals surface area (Å²) in [4.78, 5) is 0. The Hall–Kier alpha value is -1.62. The molecule has 0 bridgehead atoms. The van der Waals surface area contributed by atoms with Gasteiger partial charge in [0.25, 0.3) is 0 Å². The minimum absolute atomic E-state index is 0.316.